The van der Waals surface area contributed by atoms with E-state index in [4.69, 9.17) is 18.7 Å². The van der Waals surface area contributed by atoms with Crippen molar-refractivity contribution in [2.45, 2.75) is 13.0 Å². The molecule has 1 saturated heterocycles. The quantitative estimate of drug-likeness (QED) is 0.344. The van der Waals surface area contributed by atoms with Gasteiger partial charge in [0, 0.05) is 17.2 Å². The highest BCUT2D eigenvalue weighted by molar-refractivity contribution is 6.51. The zero-order valence-electron chi connectivity index (χ0n) is 18.5. The maximum absolute atomic E-state index is 13.2. The first kappa shape index (κ1) is 21.9. The normalized spacial score (nSPS) is 17.3. The second-order valence-electron chi connectivity index (χ2n) is 7.28. The minimum atomic E-state index is -1.00. The molecule has 1 fully saturated rings. The number of aliphatic hydroxyl groups is 1. The summed E-state index contributed by atoms with van der Waals surface area (Å²) in [5.41, 5.74) is 0.668. The Morgan fingerprint density at radius 2 is 1.67 bits per heavy atom. The van der Waals surface area contributed by atoms with Crippen LogP contribution in [0.1, 0.15) is 22.9 Å². The van der Waals surface area contributed by atoms with Gasteiger partial charge in [-0.2, -0.15) is 0 Å². The number of aryl methyl sites for hydroxylation is 1. The Kier molecular flexibility index (Phi) is 5.78. The molecule has 0 bridgehead atoms. The molecule has 1 atom stereocenters. The summed E-state index contributed by atoms with van der Waals surface area (Å²) in [6, 6.07) is 12.2. The minimum Gasteiger partial charge on any atom is -0.507 e. The molecule has 2 aromatic carbocycles. The Morgan fingerprint density at radius 3 is 2.30 bits per heavy atom. The van der Waals surface area contributed by atoms with E-state index < -0.39 is 17.7 Å². The van der Waals surface area contributed by atoms with Crippen LogP contribution in [0.4, 0.5) is 5.82 Å². The van der Waals surface area contributed by atoms with Gasteiger partial charge in [0.15, 0.2) is 17.3 Å². The van der Waals surface area contributed by atoms with Crippen LogP contribution in [0.25, 0.3) is 5.76 Å². The zero-order valence-corrected chi connectivity index (χ0v) is 18.5. The van der Waals surface area contributed by atoms with E-state index in [2.05, 4.69) is 5.16 Å². The number of anilines is 1. The van der Waals surface area contributed by atoms with E-state index in [-0.39, 0.29) is 22.7 Å². The highest BCUT2D eigenvalue weighted by atomic mass is 16.5. The number of aromatic nitrogens is 1. The van der Waals surface area contributed by atoms with Crippen molar-refractivity contribution in [2.75, 3.05) is 26.2 Å². The molecule has 1 aliphatic heterocycles. The SMILES string of the molecule is COc1ccc(/C(O)=C2\C(=O)C(=O)N(c3cc(C)on3)[C@H]2c2ccccc2OC)cc1OC. The maximum atomic E-state index is 13.2. The Labute approximate surface area is 189 Å². The summed E-state index contributed by atoms with van der Waals surface area (Å²) in [5.74, 6) is -0.214. The van der Waals surface area contributed by atoms with Gasteiger partial charge in [0.05, 0.1) is 26.9 Å². The number of Topliss-reactive ketones (excluding diaryl/α,β-unsaturated/α-hetero) is 1. The summed E-state index contributed by atoms with van der Waals surface area (Å²) < 4.78 is 21.2. The van der Waals surface area contributed by atoms with Crippen LogP contribution in [0, 0.1) is 6.92 Å². The van der Waals surface area contributed by atoms with Crippen molar-refractivity contribution in [1.29, 1.82) is 0 Å². The van der Waals surface area contributed by atoms with Gasteiger partial charge in [-0.05, 0) is 31.2 Å². The van der Waals surface area contributed by atoms with Crippen LogP contribution < -0.4 is 19.1 Å². The van der Waals surface area contributed by atoms with Crippen molar-refractivity contribution in [3.8, 4) is 17.2 Å². The largest absolute Gasteiger partial charge is 0.507 e. The number of carbonyl (C=O) groups excluding carboxylic acids is 2. The fraction of sp³-hybridized carbons (Fsp3) is 0.208. The lowest BCUT2D eigenvalue weighted by molar-refractivity contribution is -0.132. The predicted octanol–water partition coefficient (Wildman–Crippen LogP) is 3.64. The highest BCUT2D eigenvalue weighted by Gasteiger charge is 2.49. The molecule has 9 nitrogen and oxygen atoms in total. The first-order valence-corrected chi connectivity index (χ1v) is 10.0. The van der Waals surface area contributed by atoms with Crippen molar-refractivity contribution in [2.24, 2.45) is 0 Å². The lowest BCUT2D eigenvalue weighted by atomic mass is 9.94. The molecule has 33 heavy (non-hydrogen) atoms. The molecule has 1 aliphatic rings. The van der Waals surface area contributed by atoms with Gasteiger partial charge in [0.2, 0.25) is 0 Å². The molecule has 0 radical (unpaired) electrons. The molecule has 1 N–H and O–H groups in total. The number of rotatable bonds is 6. The van der Waals surface area contributed by atoms with Crippen LogP contribution >= 0.6 is 0 Å². The van der Waals surface area contributed by atoms with Gasteiger partial charge in [0.1, 0.15) is 23.3 Å². The summed E-state index contributed by atoms with van der Waals surface area (Å²) in [4.78, 5) is 27.5. The molecule has 4 rings (SSSR count). The summed E-state index contributed by atoms with van der Waals surface area (Å²) in [7, 11) is 4.44. The number of ether oxygens (including phenoxy) is 3. The third kappa shape index (κ3) is 3.67. The van der Waals surface area contributed by atoms with Gasteiger partial charge in [0.25, 0.3) is 5.78 Å². The number of methoxy groups -OCH3 is 3. The Balaban J connectivity index is 1.97. The number of carbonyl (C=O) groups is 2. The lowest BCUT2D eigenvalue weighted by Gasteiger charge is -2.24. The Bertz CT molecular complexity index is 1260. The number of ketones is 1. The van der Waals surface area contributed by atoms with Gasteiger partial charge in [-0.1, -0.05) is 23.4 Å². The molecule has 0 aliphatic carbocycles. The number of benzene rings is 2. The van der Waals surface area contributed by atoms with Crippen molar-refractivity contribution in [3.63, 3.8) is 0 Å². The van der Waals surface area contributed by atoms with Gasteiger partial charge in [-0.3, -0.25) is 14.5 Å². The van der Waals surface area contributed by atoms with Crippen LogP contribution in [-0.4, -0.2) is 43.3 Å². The molecule has 170 valence electrons. The molecule has 1 aromatic heterocycles. The molecule has 1 amide bonds. The summed E-state index contributed by atoms with van der Waals surface area (Å²) in [6.07, 6.45) is 0. The van der Waals surface area contributed by atoms with Crippen LogP contribution in [0.15, 0.2) is 58.6 Å². The fourth-order valence-corrected chi connectivity index (χ4v) is 3.86. The summed E-state index contributed by atoms with van der Waals surface area (Å²) in [5, 5.41) is 15.2. The lowest BCUT2D eigenvalue weighted by Crippen LogP contribution is -2.29. The average Bonchev–Trinajstić information content (AvgIpc) is 3.38. The number of amides is 1. The average molecular weight is 450 g/mol. The van der Waals surface area contributed by atoms with Crippen molar-refractivity contribution < 1.29 is 33.4 Å². The predicted molar refractivity (Wildman–Crippen MR) is 119 cm³/mol. The van der Waals surface area contributed by atoms with Gasteiger partial charge in [-0.25, -0.2) is 0 Å². The molecular weight excluding hydrogens is 428 g/mol. The summed E-state index contributed by atoms with van der Waals surface area (Å²) >= 11 is 0. The van der Waals surface area contributed by atoms with E-state index in [1.165, 1.54) is 32.3 Å². The standard InChI is InChI=1S/C24H22N2O7/c1-13-11-19(25-33-13)26-21(15-7-5-6-8-16(15)30-2)20(23(28)24(26)29)22(27)14-9-10-17(31-3)18(12-14)32-4/h5-12,21,27H,1-4H3/b22-20+/t21-/m0/s1. The van der Waals surface area contributed by atoms with Gasteiger partial charge >= 0.3 is 5.91 Å². The third-order valence-corrected chi connectivity index (χ3v) is 5.40. The first-order valence-electron chi connectivity index (χ1n) is 10.0. The molecule has 3 aromatic rings. The van der Waals surface area contributed by atoms with E-state index in [0.717, 1.165) is 0 Å². The molecule has 0 saturated carbocycles. The topological polar surface area (TPSA) is 111 Å². The summed E-state index contributed by atoms with van der Waals surface area (Å²) in [6.45, 7) is 1.68. The van der Waals surface area contributed by atoms with E-state index in [1.54, 1.807) is 49.4 Å². The van der Waals surface area contributed by atoms with Gasteiger partial charge in [-0.15, -0.1) is 0 Å². The first-order chi connectivity index (χ1) is 15.9. The Morgan fingerprint density at radius 1 is 0.970 bits per heavy atom. The van der Waals surface area contributed by atoms with Crippen molar-refractivity contribution in [1.82, 2.24) is 5.16 Å². The molecule has 0 spiro atoms. The minimum absolute atomic E-state index is 0.114. The smallest absolute Gasteiger partial charge is 0.301 e. The number of para-hydroxylation sites is 1. The zero-order chi connectivity index (χ0) is 23.7. The number of hydrogen-bond acceptors (Lipinski definition) is 8. The van der Waals surface area contributed by atoms with E-state index in [9.17, 15) is 14.7 Å². The third-order valence-electron chi connectivity index (χ3n) is 5.40. The molecule has 2 heterocycles. The second-order valence-corrected chi connectivity index (χ2v) is 7.28. The Hall–Kier alpha value is -4.27. The van der Waals surface area contributed by atoms with E-state index in [0.29, 0.717) is 28.6 Å². The van der Waals surface area contributed by atoms with Gasteiger partial charge < -0.3 is 23.8 Å². The highest BCUT2D eigenvalue weighted by Crippen LogP contribution is 2.45. The number of nitrogens with zero attached hydrogens (tertiary/aromatic N) is 2. The van der Waals surface area contributed by atoms with Crippen molar-refractivity contribution >= 4 is 23.3 Å². The molecular formula is C24H22N2O7. The molecule has 0 unspecified atom stereocenters. The second kappa shape index (κ2) is 8.70. The van der Waals surface area contributed by atoms with Crippen LogP contribution in [0.5, 0.6) is 17.2 Å². The van der Waals surface area contributed by atoms with E-state index >= 15 is 0 Å². The van der Waals surface area contributed by atoms with Crippen LogP contribution in [-0.2, 0) is 9.59 Å². The number of aliphatic hydroxyl groups excluding tert-OH is 1. The van der Waals surface area contributed by atoms with E-state index in [1.807, 2.05) is 0 Å². The maximum Gasteiger partial charge on any atom is 0.301 e. The fourth-order valence-electron chi connectivity index (χ4n) is 3.86. The molecule has 9 heteroatoms. The number of hydrogen-bond donors (Lipinski definition) is 1. The van der Waals surface area contributed by atoms with Crippen LogP contribution in [0.3, 0.4) is 0 Å². The van der Waals surface area contributed by atoms with Crippen LogP contribution in [0.2, 0.25) is 0 Å². The van der Waals surface area contributed by atoms with Crippen molar-refractivity contribution in [3.05, 3.63) is 71.0 Å². The monoisotopic (exact) mass is 450 g/mol.